The maximum absolute atomic E-state index is 12.2. The van der Waals surface area contributed by atoms with E-state index in [1.165, 1.54) is 11.3 Å². The van der Waals surface area contributed by atoms with Gasteiger partial charge in [-0.2, -0.15) is 0 Å². The monoisotopic (exact) mass is 280 g/mol. The average molecular weight is 281 g/mol. The zero-order chi connectivity index (χ0) is 13.1. The van der Waals surface area contributed by atoms with Gasteiger partial charge >= 0.3 is 0 Å². The summed E-state index contributed by atoms with van der Waals surface area (Å²) in [5, 5.41) is 2.35. The summed E-state index contributed by atoms with van der Waals surface area (Å²) in [6.07, 6.45) is 0. The predicted molar refractivity (Wildman–Crippen MR) is 75.1 cm³/mol. The normalized spacial score (nSPS) is 10.4. The third-order valence-corrected chi connectivity index (χ3v) is 3.98. The molecule has 1 heterocycles. The van der Waals surface area contributed by atoms with Crippen molar-refractivity contribution in [2.24, 2.45) is 0 Å². The van der Waals surface area contributed by atoms with Gasteiger partial charge in [0.2, 0.25) is 5.78 Å². The predicted octanol–water partition coefficient (Wildman–Crippen LogP) is 4.34. The molecule has 94 valence electrons. The van der Waals surface area contributed by atoms with Gasteiger partial charge in [-0.05, 0) is 37.4 Å². The Morgan fingerprint density at radius 1 is 1.39 bits per heavy atom. The van der Waals surface area contributed by atoms with Crippen LogP contribution in [0.1, 0.15) is 27.7 Å². The summed E-state index contributed by atoms with van der Waals surface area (Å²) >= 11 is 7.67. The van der Waals surface area contributed by atoms with Crippen LogP contribution in [0.15, 0.2) is 29.6 Å². The second-order valence-corrected chi connectivity index (χ2v) is 5.12. The number of ether oxygens (including phenoxy) is 1. The molecule has 2 nitrogen and oxygen atoms in total. The Labute approximate surface area is 115 Å². The van der Waals surface area contributed by atoms with Crippen LogP contribution in [0.2, 0.25) is 5.02 Å². The van der Waals surface area contributed by atoms with E-state index in [0.717, 1.165) is 11.3 Å². The van der Waals surface area contributed by atoms with E-state index >= 15 is 0 Å². The Bertz CT molecular complexity index is 561. The lowest BCUT2D eigenvalue weighted by molar-refractivity contribution is 0.104. The SMILES string of the molecule is CCOc1ccc(C(=O)c2cccs2)c(Cl)c1C. The second-order valence-electron chi connectivity index (χ2n) is 3.79. The van der Waals surface area contributed by atoms with Gasteiger partial charge in [0.25, 0.3) is 0 Å². The molecule has 1 aromatic heterocycles. The smallest absolute Gasteiger partial charge is 0.204 e. The Hall–Kier alpha value is -1.32. The summed E-state index contributed by atoms with van der Waals surface area (Å²) in [6.45, 7) is 4.35. The minimum Gasteiger partial charge on any atom is -0.494 e. The molecule has 0 atom stereocenters. The first-order valence-electron chi connectivity index (χ1n) is 5.65. The van der Waals surface area contributed by atoms with Gasteiger partial charge in [0.1, 0.15) is 5.75 Å². The molecular weight excluding hydrogens is 268 g/mol. The van der Waals surface area contributed by atoms with Crippen molar-refractivity contribution in [3.63, 3.8) is 0 Å². The Morgan fingerprint density at radius 3 is 2.78 bits per heavy atom. The molecule has 0 fully saturated rings. The van der Waals surface area contributed by atoms with Crippen LogP contribution >= 0.6 is 22.9 Å². The fourth-order valence-electron chi connectivity index (χ4n) is 1.70. The molecular formula is C14H13ClO2S. The molecule has 0 bridgehead atoms. The molecule has 18 heavy (non-hydrogen) atoms. The zero-order valence-corrected chi connectivity index (χ0v) is 11.8. The van der Waals surface area contributed by atoms with Crippen LogP contribution in [0.3, 0.4) is 0 Å². The maximum Gasteiger partial charge on any atom is 0.204 e. The van der Waals surface area contributed by atoms with Crippen LogP contribution in [-0.4, -0.2) is 12.4 Å². The Morgan fingerprint density at radius 2 is 2.17 bits per heavy atom. The van der Waals surface area contributed by atoms with Crippen LogP contribution in [0.5, 0.6) is 5.75 Å². The van der Waals surface area contributed by atoms with Crippen LogP contribution in [-0.2, 0) is 0 Å². The van der Waals surface area contributed by atoms with Gasteiger partial charge in [0, 0.05) is 11.1 Å². The summed E-state index contributed by atoms with van der Waals surface area (Å²) in [4.78, 5) is 12.9. The molecule has 0 unspecified atom stereocenters. The largest absolute Gasteiger partial charge is 0.494 e. The summed E-state index contributed by atoms with van der Waals surface area (Å²) in [6, 6.07) is 7.18. The zero-order valence-electron chi connectivity index (χ0n) is 10.2. The number of hydrogen-bond acceptors (Lipinski definition) is 3. The molecule has 2 aromatic rings. The quantitative estimate of drug-likeness (QED) is 0.779. The molecule has 0 aliphatic rings. The highest BCUT2D eigenvalue weighted by molar-refractivity contribution is 7.12. The standard InChI is InChI=1S/C14H13ClO2S/c1-3-17-11-7-6-10(13(15)9(11)2)14(16)12-5-4-8-18-12/h4-8H,3H2,1-2H3. The topological polar surface area (TPSA) is 26.3 Å². The number of carbonyl (C=O) groups excluding carboxylic acids is 1. The van der Waals surface area contributed by atoms with E-state index in [0.29, 0.717) is 22.1 Å². The Kier molecular flexibility index (Phi) is 4.04. The molecule has 2 rings (SSSR count). The van der Waals surface area contributed by atoms with E-state index in [-0.39, 0.29) is 5.78 Å². The van der Waals surface area contributed by atoms with Crippen molar-refractivity contribution in [3.8, 4) is 5.75 Å². The second kappa shape index (κ2) is 5.55. The van der Waals surface area contributed by atoms with Gasteiger partial charge in [-0.15, -0.1) is 11.3 Å². The average Bonchev–Trinajstić information content (AvgIpc) is 2.88. The van der Waals surface area contributed by atoms with Gasteiger partial charge in [0.15, 0.2) is 0 Å². The number of rotatable bonds is 4. The molecule has 0 saturated heterocycles. The molecule has 0 spiro atoms. The summed E-state index contributed by atoms with van der Waals surface area (Å²) in [5.74, 6) is 0.686. The van der Waals surface area contributed by atoms with Crippen LogP contribution < -0.4 is 4.74 Å². The lowest BCUT2D eigenvalue weighted by Crippen LogP contribution is -2.02. The van der Waals surface area contributed by atoms with Gasteiger partial charge < -0.3 is 4.74 Å². The van der Waals surface area contributed by atoms with Gasteiger partial charge in [0.05, 0.1) is 16.5 Å². The van der Waals surface area contributed by atoms with Crippen molar-refractivity contribution in [3.05, 3.63) is 50.7 Å². The molecule has 0 N–H and O–H groups in total. The number of ketones is 1. The fourth-order valence-corrected chi connectivity index (χ4v) is 2.61. The Balaban J connectivity index is 2.41. The van der Waals surface area contributed by atoms with Gasteiger partial charge in [-0.25, -0.2) is 0 Å². The molecule has 0 radical (unpaired) electrons. The van der Waals surface area contributed by atoms with Crippen molar-refractivity contribution in [1.29, 1.82) is 0 Å². The van der Waals surface area contributed by atoms with E-state index in [9.17, 15) is 4.79 Å². The number of halogens is 1. The number of carbonyl (C=O) groups is 1. The van der Waals surface area contributed by atoms with Crippen LogP contribution in [0.25, 0.3) is 0 Å². The maximum atomic E-state index is 12.2. The van der Waals surface area contributed by atoms with Crippen molar-refractivity contribution in [1.82, 2.24) is 0 Å². The van der Waals surface area contributed by atoms with E-state index in [1.54, 1.807) is 18.2 Å². The third kappa shape index (κ3) is 2.42. The lowest BCUT2D eigenvalue weighted by atomic mass is 10.1. The van der Waals surface area contributed by atoms with Crippen LogP contribution in [0, 0.1) is 6.92 Å². The number of thiophene rings is 1. The van der Waals surface area contributed by atoms with Gasteiger partial charge in [-0.1, -0.05) is 17.7 Å². The molecule has 0 amide bonds. The van der Waals surface area contributed by atoms with Crippen molar-refractivity contribution >= 4 is 28.7 Å². The minimum atomic E-state index is -0.0406. The summed E-state index contributed by atoms with van der Waals surface area (Å²) in [5.41, 5.74) is 1.33. The highest BCUT2D eigenvalue weighted by atomic mass is 35.5. The third-order valence-electron chi connectivity index (χ3n) is 2.63. The fraction of sp³-hybridized carbons (Fsp3) is 0.214. The molecule has 4 heteroatoms. The summed E-state index contributed by atoms with van der Waals surface area (Å²) in [7, 11) is 0. The molecule has 0 aliphatic heterocycles. The van der Waals surface area contributed by atoms with Crippen LogP contribution in [0.4, 0.5) is 0 Å². The lowest BCUT2D eigenvalue weighted by Gasteiger charge is -2.11. The molecule has 1 aromatic carbocycles. The van der Waals surface area contributed by atoms with E-state index in [1.807, 2.05) is 25.3 Å². The van der Waals surface area contributed by atoms with Gasteiger partial charge in [-0.3, -0.25) is 4.79 Å². The van der Waals surface area contributed by atoms with E-state index in [4.69, 9.17) is 16.3 Å². The first kappa shape index (κ1) is 13.1. The van der Waals surface area contributed by atoms with Crippen molar-refractivity contribution < 1.29 is 9.53 Å². The first-order chi connectivity index (χ1) is 8.65. The summed E-state index contributed by atoms with van der Waals surface area (Å²) < 4.78 is 5.45. The first-order valence-corrected chi connectivity index (χ1v) is 6.91. The van der Waals surface area contributed by atoms with Crippen molar-refractivity contribution in [2.75, 3.05) is 6.61 Å². The minimum absolute atomic E-state index is 0.0406. The number of benzene rings is 1. The number of hydrogen-bond donors (Lipinski definition) is 0. The highest BCUT2D eigenvalue weighted by Gasteiger charge is 2.17. The van der Waals surface area contributed by atoms with E-state index in [2.05, 4.69) is 0 Å². The molecule has 0 aliphatic carbocycles. The molecule has 0 saturated carbocycles. The highest BCUT2D eigenvalue weighted by Crippen LogP contribution is 2.31. The van der Waals surface area contributed by atoms with E-state index < -0.39 is 0 Å². The van der Waals surface area contributed by atoms with Crippen molar-refractivity contribution in [2.45, 2.75) is 13.8 Å².